The molecule has 1 aromatic heterocycles. The number of pyridine rings is 1. The molecule has 0 atom stereocenters. The topological polar surface area (TPSA) is 74.2 Å². The van der Waals surface area contributed by atoms with Crippen LogP contribution in [0, 0.1) is 0 Å². The van der Waals surface area contributed by atoms with Crippen LogP contribution < -0.4 is 10.6 Å². The van der Waals surface area contributed by atoms with Crippen molar-refractivity contribution < 1.29 is 9.90 Å². The Hall–Kier alpha value is -3.34. The van der Waals surface area contributed by atoms with Crippen LogP contribution in [0.1, 0.15) is 16.1 Å². The molecule has 2 aromatic carbocycles. The monoisotopic (exact) mass is 333 g/mol. The predicted molar refractivity (Wildman–Crippen MR) is 98.1 cm³/mol. The van der Waals surface area contributed by atoms with Gasteiger partial charge >= 0.3 is 0 Å². The summed E-state index contributed by atoms with van der Waals surface area (Å²) in [6.07, 6.45) is 0.688. The molecule has 126 valence electrons. The predicted octanol–water partition coefficient (Wildman–Crippen LogP) is 3.50. The van der Waals surface area contributed by atoms with E-state index in [-0.39, 0.29) is 11.7 Å². The van der Waals surface area contributed by atoms with Gasteiger partial charge in [0, 0.05) is 12.2 Å². The smallest absolute Gasteiger partial charge is 0.269 e. The van der Waals surface area contributed by atoms with Crippen molar-refractivity contribution >= 4 is 17.4 Å². The maximum atomic E-state index is 12.3. The van der Waals surface area contributed by atoms with Crippen molar-refractivity contribution in [2.75, 3.05) is 11.9 Å². The fraction of sp³-hybridized carbons (Fsp3) is 0.100. The first-order valence-electron chi connectivity index (χ1n) is 8.06. The first-order valence-corrected chi connectivity index (χ1v) is 8.06. The molecule has 5 nitrogen and oxygen atoms in total. The summed E-state index contributed by atoms with van der Waals surface area (Å²) in [5.74, 6) is 0.646. The Kier molecular flexibility index (Phi) is 5.26. The van der Waals surface area contributed by atoms with Gasteiger partial charge < -0.3 is 15.7 Å². The van der Waals surface area contributed by atoms with Gasteiger partial charge in [-0.3, -0.25) is 4.79 Å². The second kappa shape index (κ2) is 7.97. The summed E-state index contributed by atoms with van der Waals surface area (Å²) < 4.78 is 0. The van der Waals surface area contributed by atoms with E-state index in [1.54, 1.807) is 24.3 Å². The standard InChI is InChI=1S/C20H19N3O2/c24-17-11-9-15(10-12-17)13-14-21-20(25)18-7-4-8-19(23-18)22-16-5-2-1-3-6-16/h1-12,24H,13-14H2,(H,21,25)(H,22,23). The zero-order valence-corrected chi connectivity index (χ0v) is 13.6. The van der Waals surface area contributed by atoms with Crippen molar-refractivity contribution in [1.82, 2.24) is 10.3 Å². The lowest BCUT2D eigenvalue weighted by Gasteiger charge is -2.08. The van der Waals surface area contributed by atoms with Crippen molar-refractivity contribution in [3.63, 3.8) is 0 Å². The van der Waals surface area contributed by atoms with Crippen LogP contribution >= 0.6 is 0 Å². The number of carbonyl (C=O) groups is 1. The molecule has 0 aliphatic carbocycles. The van der Waals surface area contributed by atoms with Gasteiger partial charge in [0.15, 0.2) is 0 Å². The van der Waals surface area contributed by atoms with Gasteiger partial charge in [-0.05, 0) is 48.4 Å². The van der Waals surface area contributed by atoms with Crippen molar-refractivity contribution in [1.29, 1.82) is 0 Å². The highest BCUT2D eigenvalue weighted by atomic mass is 16.3. The summed E-state index contributed by atoms with van der Waals surface area (Å²) in [7, 11) is 0. The van der Waals surface area contributed by atoms with E-state index in [2.05, 4.69) is 15.6 Å². The van der Waals surface area contributed by atoms with Crippen LogP contribution in [0.5, 0.6) is 5.75 Å². The number of benzene rings is 2. The number of anilines is 2. The number of rotatable bonds is 6. The lowest BCUT2D eigenvalue weighted by molar-refractivity contribution is 0.0949. The van der Waals surface area contributed by atoms with Gasteiger partial charge in [0.05, 0.1) is 0 Å². The number of aromatic nitrogens is 1. The zero-order chi connectivity index (χ0) is 17.5. The fourth-order valence-electron chi connectivity index (χ4n) is 2.37. The van der Waals surface area contributed by atoms with Gasteiger partial charge in [-0.15, -0.1) is 0 Å². The number of amides is 1. The normalized spacial score (nSPS) is 10.2. The number of para-hydroxylation sites is 1. The third-order valence-corrected chi connectivity index (χ3v) is 3.66. The highest BCUT2D eigenvalue weighted by Crippen LogP contribution is 2.14. The average molecular weight is 333 g/mol. The molecule has 0 aliphatic rings. The zero-order valence-electron chi connectivity index (χ0n) is 13.6. The molecule has 25 heavy (non-hydrogen) atoms. The van der Waals surface area contributed by atoms with Crippen molar-refractivity contribution in [2.24, 2.45) is 0 Å². The Labute approximate surface area is 146 Å². The number of phenolic OH excluding ortho intramolecular Hbond substituents is 1. The SMILES string of the molecule is O=C(NCCc1ccc(O)cc1)c1cccc(Nc2ccccc2)n1. The molecule has 3 N–H and O–H groups in total. The maximum absolute atomic E-state index is 12.3. The minimum absolute atomic E-state index is 0.213. The molecule has 0 unspecified atom stereocenters. The number of phenols is 1. The number of hydrogen-bond donors (Lipinski definition) is 3. The average Bonchev–Trinajstić information content (AvgIpc) is 2.64. The molecule has 3 aromatic rings. The highest BCUT2D eigenvalue weighted by molar-refractivity contribution is 5.92. The van der Waals surface area contributed by atoms with E-state index in [1.165, 1.54) is 0 Å². The molecule has 0 saturated carbocycles. The van der Waals surface area contributed by atoms with Crippen LogP contribution in [-0.2, 0) is 6.42 Å². The number of carbonyl (C=O) groups excluding carboxylic acids is 1. The Morgan fingerprint density at radius 1 is 0.920 bits per heavy atom. The van der Waals surface area contributed by atoms with Crippen molar-refractivity contribution in [2.45, 2.75) is 6.42 Å². The Morgan fingerprint density at radius 2 is 1.68 bits per heavy atom. The van der Waals surface area contributed by atoms with Crippen molar-refractivity contribution in [3.8, 4) is 5.75 Å². The second-order valence-electron chi connectivity index (χ2n) is 5.57. The molecule has 0 saturated heterocycles. The van der Waals surface area contributed by atoms with Gasteiger partial charge in [0.1, 0.15) is 17.3 Å². The van der Waals surface area contributed by atoms with Gasteiger partial charge in [-0.25, -0.2) is 4.98 Å². The molecule has 1 amide bonds. The van der Waals surface area contributed by atoms with Crippen LogP contribution in [0.3, 0.4) is 0 Å². The summed E-state index contributed by atoms with van der Waals surface area (Å²) in [5.41, 5.74) is 2.33. The first kappa shape index (κ1) is 16.5. The molecule has 0 fully saturated rings. The van der Waals surface area contributed by atoms with E-state index in [1.807, 2.05) is 48.5 Å². The van der Waals surface area contributed by atoms with Crippen LogP contribution in [-0.4, -0.2) is 22.5 Å². The number of hydrogen-bond acceptors (Lipinski definition) is 4. The Bertz CT molecular complexity index is 833. The first-order chi connectivity index (χ1) is 12.2. The third kappa shape index (κ3) is 4.81. The van der Waals surface area contributed by atoms with E-state index in [4.69, 9.17) is 0 Å². The van der Waals surface area contributed by atoms with Gasteiger partial charge in [0.2, 0.25) is 0 Å². The lowest BCUT2D eigenvalue weighted by atomic mass is 10.1. The third-order valence-electron chi connectivity index (χ3n) is 3.66. The molecule has 1 heterocycles. The molecular formula is C20H19N3O2. The van der Waals surface area contributed by atoms with Crippen LogP contribution in [0.15, 0.2) is 72.8 Å². The molecule has 5 heteroatoms. The largest absolute Gasteiger partial charge is 0.508 e. The van der Waals surface area contributed by atoms with Crippen LogP contribution in [0.25, 0.3) is 0 Å². The lowest BCUT2D eigenvalue weighted by Crippen LogP contribution is -2.26. The molecule has 0 aliphatic heterocycles. The Morgan fingerprint density at radius 3 is 2.44 bits per heavy atom. The highest BCUT2D eigenvalue weighted by Gasteiger charge is 2.07. The second-order valence-corrected chi connectivity index (χ2v) is 5.57. The summed E-state index contributed by atoms with van der Waals surface area (Å²) in [6, 6.07) is 21.9. The van der Waals surface area contributed by atoms with E-state index in [0.29, 0.717) is 24.5 Å². The van der Waals surface area contributed by atoms with E-state index < -0.39 is 0 Å². The van der Waals surface area contributed by atoms with E-state index in [9.17, 15) is 9.90 Å². The Balaban J connectivity index is 1.56. The number of aromatic hydroxyl groups is 1. The minimum atomic E-state index is -0.213. The minimum Gasteiger partial charge on any atom is -0.508 e. The summed E-state index contributed by atoms with van der Waals surface area (Å²) in [4.78, 5) is 16.6. The summed E-state index contributed by atoms with van der Waals surface area (Å²) in [6.45, 7) is 0.502. The number of nitrogens with zero attached hydrogens (tertiary/aromatic N) is 1. The maximum Gasteiger partial charge on any atom is 0.269 e. The van der Waals surface area contributed by atoms with Crippen molar-refractivity contribution in [3.05, 3.63) is 84.1 Å². The van der Waals surface area contributed by atoms with Gasteiger partial charge in [-0.2, -0.15) is 0 Å². The summed E-state index contributed by atoms with van der Waals surface area (Å²) >= 11 is 0. The van der Waals surface area contributed by atoms with Crippen LogP contribution in [0.4, 0.5) is 11.5 Å². The quantitative estimate of drug-likeness (QED) is 0.645. The molecule has 0 bridgehead atoms. The van der Waals surface area contributed by atoms with E-state index >= 15 is 0 Å². The molecular weight excluding hydrogens is 314 g/mol. The fourth-order valence-corrected chi connectivity index (χ4v) is 2.37. The molecule has 0 radical (unpaired) electrons. The molecule has 3 rings (SSSR count). The van der Waals surface area contributed by atoms with Gasteiger partial charge in [-0.1, -0.05) is 36.4 Å². The summed E-state index contributed by atoms with van der Waals surface area (Å²) in [5, 5.41) is 15.3. The molecule has 0 spiro atoms. The number of nitrogens with one attached hydrogen (secondary N) is 2. The van der Waals surface area contributed by atoms with E-state index in [0.717, 1.165) is 11.3 Å². The van der Waals surface area contributed by atoms with Gasteiger partial charge in [0.25, 0.3) is 5.91 Å². The van der Waals surface area contributed by atoms with Crippen LogP contribution in [0.2, 0.25) is 0 Å².